The third-order valence-electron chi connectivity index (χ3n) is 4.43. The number of hydrogen-bond donors (Lipinski definition) is 1. The van der Waals surface area contributed by atoms with Crippen molar-refractivity contribution in [3.63, 3.8) is 0 Å². The standard InChI is InChI=1S/C19H18FN5OS/c1-24-11-17(26)25(16-7-3-2-6-15(16)20)10-14-18(22-12-23-19(14)24)21-9-13-5-4-8-27-13/h2-8,12H,9-11H2,1H3,(H,21,22,23). The molecule has 8 heteroatoms. The molecule has 0 fully saturated rings. The number of benzene rings is 1. The average Bonchev–Trinajstić information content (AvgIpc) is 3.14. The minimum absolute atomic E-state index is 0.114. The number of carbonyl (C=O) groups excluding carboxylic acids is 1. The van der Waals surface area contributed by atoms with Crippen LogP contribution >= 0.6 is 11.3 Å². The molecule has 1 aliphatic rings. The van der Waals surface area contributed by atoms with Gasteiger partial charge < -0.3 is 15.1 Å². The first kappa shape index (κ1) is 17.4. The summed E-state index contributed by atoms with van der Waals surface area (Å²) in [4.78, 5) is 25.9. The van der Waals surface area contributed by atoms with Gasteiger partial charge >= 0.3 is 0 Å². The summed E-state index contributed by atoms with van der Waals surface area (Å²) in [5.74, 6) is 0.703. The number of likely N-dealkylation sites (N-methyl/N-ethyl adjacent to an activating group) is 1. The van der Waals surface area contributed by atoms with Crippen LogP contribution in [0.5, 0.6) is 0 Å². The van der Waals surface area contributed by atoms with E-state index < -0.39 is 5.82 Å². The normalized spacial score (nSPS) is 14.1. The molecular weight excluding hydrogens is 365 g/mol. The van der Waals surface area contributed by atoms with E-state index in [0.29, 0.717) is 18.2 Å². The van der Waals surface area contributed by atoms with Gasteiger partial charge in [0.2, 0.25) is 5.91 Å². The van der Waals surface area contributed by atoms with E-state index in [4.69, 9.17) is 0 Å². The number of thiophene rings is 1. The van der Waals surface area contributed by atoms with Crippen molar-refractivity contribution in [2.75, 3.05) is 28.7 Å². The molecule has 1 aliphatic heterocycles. The molecule has 138 valence electrons. The summed E-state index contributed by atoms with van der Waals surface area (Å²) < 4.78 is 14.3. The van der Waals surface area contributed by atoms with Gasteiger partial charge in [-0.2, -0.15) is 0 Å². The highest BCUT2D eigenvalue weighted by molar-refractivity contribution is 7.09. The highest BCUT2D eigenvalue weighted by Gasteiger charge is 2.29. The molecule has 1 N–H and O–H groups in total. The number of carbonyl (C=O) groups is 1. The minimum atomic E-state index is -0.429. The summed E-state index contributed by atoms with van der Waals surface area (Å²) in [6.07, 6.45) is 1.48. The Bertz CT molecular complexity index is 962. The number of aromatic nitrogens is 2. The Kier molecular flexibility index (Phi) is 4.72. The summed E-state index contributed by atoms with van der Waals surface area (Å²) in [5, 5.41) is 5.34. The first-order chi connectivity index (χ1) is 13.1. The molecule has 1 amide bonds. The van der Waals surface area contributed by atoms with Crippen molar-refractivity contribution in [3.8, 4) is 0 Å². The van der Waals surface area contributed by atoms with E-state index in [-0.39, 0.29) is 24.7 Å². The van der Waals surface area contributed by atoms with Crippen LogP contribution in [0.1, 0.15) is 10.4 Å². The molecule has 0 radical (unpaired) electrons. The fraction of sp³-hybridized carbons (Fsp3) is 0.211. The molecule has 0 aliphatic carbocycles. The van der Waals surface area contributed by atoms with E-state index >= 15 is 0 Å². The van der Waals surface area contributed by atoms with Crippen molar-refractivity contribution < 1.29 is 9.18 Å². The lowest BCUT2D eigenvalue weighted by molar-refractivity contribution is -0.117. The number of nitrogens with one attached hydrogen (secondary N) is 1. The second kappa shape index (κ2) is 7.32. The van der Waals surface area contributed by atoms with E-state index in [1.54, 1.807) is 41.5 Å². The molecule has 0 spiro atoms. The number of amides is 1. The Morgan fingerprint density at radius 1 is 1.19 bits per heavy atom. The zero-order valence-corrected chi connectivity index (χ0v) is 15.5. The fourth-order valence-electron chi connectivity index (χ4n) is 3.11. The van der Waals surface area contributed by atoms with Gasteiger partial charge in [-0.1, -0.05) is 18.2 Å². The Labute approximate surface area is 160 Å². The second-order valence-electron chi connectivity index (χ2n) is 6.24. The molecule has 0 unspecified atom stereocenters. The Morgan fingerprint density at radius 3 is 2.81 bits per heavy atom. The predicted molar refractivity (Wildman–Crippen MR) is 105 cm³/mol. The van der Waals surface area contributed by atoms with Crippen molar-refractivity contribution in [1.29, 1.82) is 0 Å². The van der Waals surface area contributed by atoms with Crippen LogP contribution in [0, 0.1) is 5.82 Å². The summed E-state index contributed by atoms with van der Waals surface area (Å²) >= 11 is 1.65. The van der Waals surface area contributed by atoms with Gasteiger partial charge in [0.05, 0.1) is 30.9 Å². The summed E-state index contributed by atoms with van der Waals surface area (Å²) in [6, 6.07) is 10.3. The maximum atomic E-state index is 14.3. The summed E-state index contributed by atoms with van der Waals surface area (Å²) in [6.45, 7) is 0.939. The molecule has 3 heterocycles. The molecule has 0 bridgehead atoms. The minimum Gasteiger partial charge on any atom is -0.365 e. The molecule has 3 aromatic rings. The van der Waals surface area contributed by atoms with E-state index in [1.807, 2.05) is 17.5 Å². The lowest BCUT2D eigenvalue weighted by Crippen LogP contribution is -2.36. The first-order valence-electron chi connectivity index (χ1n) is 8.49. The van der Waals surface area contributed by atoms with Crippen LogP contribution in [0.25, 0.3) is 0 Å². The van der Waals surface area contributed by atoms with Gasteiger partial charge in [0.25, 0.3) is 0 Å². The number of fused-ring (bicyclic) bond motifs is 1. The van der Waals surface area contributed by atoms with Gasteiger partial charge in [-0.15, -0.1) is 11.3 Å². The van der Waals surface area contributed by atoms with E-state index in [9.17, 15) is 9.18 Å². The summed E-state index contributed by atoms with van der Waals surface area (Å²) in [5.41, 5.74) is 1.03. The lowest BCUT2D eigenvalue weighted by atomic mass is 10.2. The van der Waals surface area contributed by atoms with Gasteiger partial charge in [0, 0.05) is 11.9 Å². The van der Waals surface area contributed by atoms with Crippen molar-refractivity contribution in [2.45, 2.75) is 13.1 Å². The fourth-order valence-corrected chi connectivity index (χ4v) is 3.76. The number of anilines is 3. The Morgan fingerprint density at radius 2 is 2.04 bits per heavy atom. The lowest BCUT2D eigenvalue weighted by Gasteiger charge is -2.22. The second-order valence-corrected chi connectivity index (χ2v) is 7.28. The third kappa shape index (κ3) is 3.48. The largest absolute Gasteiger partial charge is 0.365 e. The molecule has 0 saturated heterocycles. The van der Waals surface area contributed by atoms with Crippen molar-refractivity contribution >= 4 is 34.6 Å². The van der Waals surface area contributed by atoms with Gasteiger partial charge in [-0.3, -0.25) is 4.79 Å². The molecule has 1 aromatic carbocycles. The van der Waals surface area contributed by atoms with Crippen LogP contribution in [-0.4, -0.2) is 29.5 Å². The monoisotopic (exact) mass is 383 g/mol. The molecule has 4 rings (SSSR count). The van der Waals surface area contributed by atoms with Crippen molar-refractivity contribution in [1.82, 2.24) is 9.97 Å². The SMILES string of the molecule is CN1CC(=O)N(c2ccccc2F)Cc2c(NCc3cccs3)ncnc21. The Balaban J connectivity index is 1.71. The van der Waals surface area contributed by atoms with Gasteiger partial charge in [-0.05, 0) is 23.6 Å². The van der Waals surface area contributed by atoms with E-state index in [2.05, 4.69) is 15.3 Å². The van der Waals surface area contributed by atoms with Gasteiger partial charge in [0.15, 0.2) is 0 Å². The summed E-state index contributed by atoms with van der Waals surface area (Å²) in [7, 11) is 1.80. The van der Waals surface area contributed by atoms with Crippen molar-refractivity contribution in [2.24, 2.45) is 0 Å². The number of para-hydroxylation sites is 1. The van der Waals surface area contributed by atoms with Crippen LogP contribution in [0.3, 0.4) is 0 Å². The average molecular weight is 383 g/mol. The van der Waals surface area contributed by atoms with E-state index in [1.165, 1.54) is 22.2 Å². The maximum Gasteiger partial charge on any atom is 0.246 e. The Hall–Kier alpha value is -3.00. The van der Waals surface area contributed by atoms with Crippen LogP contribution in [0.15, 0.2) is 48.1 Å². The number of halogens is 1. The van der Waals surface area contributed by atoms with Crippen LogP contribution in [0.2, 0.25) is 0 Å². The zero-order chi connectivity index (χ0) is 18.8. The first-order valence-corrected chi connectivity index (χ1v) is 9.37. The molecular formula is C19H18FN5OS. The highest BCUT2D eigenvalue weighted by Crippen LogP contribution is 2.31. The smallest absolute Gasteiger partial charge is 0.246 e. The molecule has 27 heavy (non-hydrogen) atoms. The zero-order valence-electron chi connectivity index (χ0n) is 14.7. The topological polar surface area (TPSA) is 61.4 Å². The molecule has 2 aromatic heterocycles. The van der Waals surface area contributed by atoms with Gasteiger partial charge in [0.1, 0.15) is 23.8 Å². The molecule has 6 nitrogen and oxygen atoms in total. The molecule has 0 atom stereocenters. The van der Waals surface area contributed by atoms with Crippen LogP contribution < -0.4 is 15.1 Å². The van der Waals surface area contributed by atoms with Crippen LogP contribution in [0.4, 0.5) is 21.7 Å². The van der Waals surface area contributed by atoms with E-state index in [0.717, 1.165) is 5.56 Å². The number of hydrogen-bond acceptors (Lipinski definition) is 6. The van der Waals surface area contributed by atoms with Gasteiger partial charge in [-0.25, -0.2) is 14.4 Å². The maximum absolute atomic E-state index is 14.3. The number of rotatable bonds is 4. The van der Waals surface area contributed by atoms with Crippen molar-refractivity contribution in [3.05, 3.63) is 64.4 Å². The van der Waals surface area contributed by atoms with Crippen LogP contribution in [-0.2, 0) is 17.9 Å². The quantitative estimate of drug-likeness (QED) is 0.749. The highest BCUT2D eigenvalue weighted by atomic mass is 32.1. The predicted octanol–water partition coefficient (Wildman–Crippen LogP) is 3.27. The molecule has 0 saturated carbocycles. The number of nitrogens with zero attached hydrogens (tertiary/aromatic N) is 4. The third-order valence-corrected chi connectivity index (χ3v) is 5.30.